The molecule has 0 atom stereocenters. The van der Waals surface area contributed by atoms with Crippen LogP contribution in [0.4, 0.5) is 5.69 Å². The van der Waals surface area contributed by atoms with Crippen LogP contribution in [0, 0.1) is 12.3 Å². The van der Waals surface area contributed by atoms with Gasteiger partial charge in [-0.2, -0.15) is 5.10 Å². The molecule has 1 spiro atoms. The molecule has 11 nitrogen and oxygen atoms in total. The third-order valence-corrected chi connectivity index (χ3v) is 8.29. The SMILES string of the molecule is Cc1ncc(C(=O)NCCN2CCC3(CCC3)CC2)cc1NC(=O)c1nnc2cc(-c3cnn(C)c3)ccn12. The molecule has 202 valence electrons. The lowest BCUT2D eigenvalue weighted by molar-refractivity contribution is 0.0338. The van der Waals surface area contributed by atoms with E-state index in [1.54, 1.807) is 34.5 Å². The van der Waals surface area contributed by atoms with E-state index in [2.05, 4.69) is 35.8 Å². The van der Waals surface area contributed by atoms with Gasteiger partial charge in [0, 0.05) is 44.3 Å². The quantitative estimate of drug-likeness (QED) is 0.379. The number of aromatic nitrogens is 6. The maximum atomic E-state index is 13.1. The normalized spacial score (nSPS) is 16.8. The summed E-state index contributed by atoms with van der Waals surface area (Å²) in [6.45, 7) is 5.42. The van der Waals surface area contributed by atoms with Crippen LogP contribution in [0.2, 0.25) is 0 Å². The number of likely N-dealkylation sites (tertiary alicyclic amines) is 1. The minimum atomic E-state index is -0.437. The van der Waals surface area contributed by atoms with Gasteiger partial charge in [0.2, 0.25) is 5.82 Å². The summed E-state index contributed by atoms with van der Waals surface area (Å²) in [7, 11) is 1.86. The summed E-state index contributed by atoms with van der Waals surface area (Å²) >= 11 is 0. The molecule has 0 bridgehead atoms. The number of anilines is 1. The lowest BCUT2D eigenvalue weighted by atomic mass is 9.63. The lowest BCUT2D eigenvalue weighted by Crippen LogP contribution is -2.45. The molecule has 11 heteroatoms. The maximum Gasteiger partial charge on any atom is 0.294 e. The fraction of sp³-hybridized carbons (Fsp3) is 0.429. The third kappa shape index (κ3) is 5.14. The monoisotopic (exact) mass is 527 g/mol. The zero-order chi connectivity index (χ0) is 27.0. The first-order chi connectivity index (χ1) is 18.9. The molecule has 1 saturated carbocycles. The van der Waals surface area contributed by atoms with Crippen molar-refractivity contribution < 1.29 is 9.59 Å². The number of pyridine rings is 2. The molecule has 39 heavy (non-hydrogen) atoms. The number of hydrogen-bond acceptors (Lipinski definition) is 7. The number of carbonyl (C=O) groups is 2. The van der Waals surface area contributed by atoms with E-state index in [0.717, 1.165) is 30.8 Å². The van der Waals surface area contributed by atoms with E-state index < -0.39 is 5.91 Å². The second-order valence-electron chi connectivity index (χ2n) is 10.8. The summed E-state index contributed by atoms with van der Waals surface area (Å²) in [6, 6.07) is 5.39. The Morgan fingerprint density at radius 3 is 2.56 bits per heavy atom. The van der Waals surface area contributed by atoms with E-state index in [4.69, 9.17) is 0 Å². The number of nitrogens with one attached hydrogen (secondary N) is 2. The maximum absolute atomic E-state index is 13.1. The van der Waals surface area contributed by atoms with E-state index in [1.807, 2.05) is 25.4 Å². The fourth-order valence-corrected chi connectivity index (χ4v) is 5.61. The van der Waals surface area contributed by atoms with Crippen LogP contribution in [-0.4, -0.2) is 72.3 Å². The van der Waals surface area contributed by atoms with Gasteiger partial charge in [-0.05, 0) is 74.9 Å². The Bertz CT molecular complexity index is 1530. The standard InChI is InChI=1S/C28H33N9O2/c1-19-23(14-21(16-30-19)26(38)29-9-13-36-11-7-28(8-12-36)5-3-6-28)32-27(39)25-34-33-24-15-20(4-10-37(24)25)22-17-31-35(2)18-22/h4,10,14-18H,3,5-9,11-13H2,1-2H3,(H,29,38)(H,32,39). The summed E-state index contributed by atoms with van der Waals surface area (Å²) < 4.78 is 3.35. The van der Waals surface area contributed by atoms with Crippen molar-refractivity contribution in [3.8, 4) is 11.1 Å². The molecule has 2 N–H and O–H groups in total. The number of fused-ring (bicyclic) bond motifs is 1. The largest absolute Gasteiger partial charge is 0.351 e. The molecule has 1 aliphatic heterocycles. The minimum absolute atomic E-state index is 0.141. The number of hydrogen-bond donors (Lipinski definition) is 2. The van der Waals surface area contributed by atoms with Crippen LogP contribution in [0.3, 0.4) is 0 Å². The molecule has 2 aliphatic rings. The van der Waals surface area contributed by atoms with E-state index in [-0.39, 0.29) is 11.7 Å². The minimum Gasteiger partial charge on any atom is -0.351 e. The number of aryl methyl sites for hydroxylation is 2. The summed E-state index contributed by atoms with van der Waals surface area (Å²) in [6.07, 6.45) is 13.7. The molecule has 1 aliphatic carbocycles. The first-order valence-corrected chi connectivity index (χ1v) is 13.5. The average Bonchev–Trinajstić information content (AvgIpc) is 3.55. The van der Waals surface area contributed by atoms with Crippen LogP contribution in [0.1, 0.15) is 58.8 Å². The zero-order valence-electron chi connectivity index (χ0n) is 22.4. The van der Waals surface area contributed by atoms with Crippen LogP contribution in [-0.2, 0) is 7.05 Å². The Morgan fingerprint density at radius 1 is 1.03 bits per heavy atom. The number of carbonyl (C=O) groups excluding carboxylic acids is 2. The Balaban J connectivity index is 1.08. The predicted octanol–water partition coefficient (Wildman–Crippen LogP) is 3.08. The molecular weight excluding hydrogens is 494 g/mol. The topological polar surface area (TPSA) is 122 Å². The van der Waals surface area contributed by atoms with Crippen molar-refractivity contribution in [2.75, 3.05) is 31.5 Å². The van der Waals surface area contributed by atoms with Gasteiger partial charge in [-0.3, -0.25) is 23.7 Å². The molecule has 1 saturated heterocycles. The summed E-state index contributed by atoms with van der Waals surface area (Å²) in [5.41, 5.74) is 4.50. The van der Waals surface area contributed by atoms with Crippen molar-refractivity contribution in [3.63, 3.8) is 0 Å². The van der Waals surface area contributed by atoms with Gasteiger partial charge >= 0.3 is 0 Å². The highest BCUT2D eigenvalue weighted by Crippen LogP contribution is 2.48. The first-order valence-electron chi connectivity index (χ1n) is 13.5. The van der Waals surface area contributed by atoms with Gasteiger partial charge in [0.05, 0.1) is 23.1 Å². The van der Waals surface area contributed by atoms with Crippen molar-refractivity contribution in [1.29, 1.82) is 0 Å². The molecule has 0 radical (unpaired) electrons. The lowest BCUT2D eigenvalue weighted by Gasteiger charge is -2.48. The van der Waals surface area contributed by atoms with Crippen molar-refractivity contribution in [2.45, 2.75) is 39.0 Å². The number of nitrogens with zero attached hydrogens (tertiary/aromatic N) is 7. The van der Waals surface area contributed by atoms with Crippen LogP contribution < -0.4 is 10.6 Å². The second kappa shape index (κ2) is 10.2. The Morgan fingerprint density at radius 2 is 1.85 bits per heavy atom. The number of rotatable bonds is 7. The van der Waals surface area contributed by atoms with Crippen LogP contribution in [0.15, 0.2) is 43.0 Å². The molecule has 2 amide bonds. The third-order valence-electron chi connectivity index (χ3n) is 8.29. The molecule has 0 aromatic carbocycles. The van der Waals surface area contributed by atoms with Crippen molar-refractivity contribution in [1.82, 2.24) is 39.6 Å². The van der Waals surface area contributed by atoms with Gasteiger partial charge in [-0.1, -0.05) is 6.42 Å². The zero-order valence-corrected chi connectivity index (χ0v) is 22.4. The molecule has 5 heterocycles. The highest BCUT2D eigenvalue weighted by atomic mass is 16.2. The fourth-order valence-electron chi connectivity index (χ4n) is 5.61. The van der Waals surface area contributed by atoms with Crippen LogP contribution >= 0.6 is 0 Å². The van der Waals surface area contributed by atoms with Crippen molar-refractivity contribution in [3.05, 3.63) is 60.1 Å². The Kier molecular flexibility index (Phi) is 6.59. The highest BCUT2D eigenvalue weighted by molar-refractivity contribution is 6.03. The molecular formula is C28H33N9O2. The first kappa shape index (κ1) is 25.2. The van der Waals surface area contributed by atoms with Gasteiger partial charge in [0.15, 0.2) is 5.65 Å². The summed E-state index contributed by atoms with van der Waals surface area (Å²) in [4.78, 5) is 32.7. The summed E-state index contributed by atoms with van der Waals surface area (Å²) in [5, 5.41) is 18.3. The smallest absolute Gasteiger partial charge is 0.294 e. The van der Waals surface area contributed by atoms with Gasteiger partial charge in [-0.25, -0.2) is 0 Å². The van der Waals surface area contributed by atoms with Crippen LogP contribution in [0.25, 0.3) is 16.8 Å². The Labute approximate surface area is 226 Å². The summed E-state index contributed by atoms with van der Waals surface area (Å²) in [5.74, 6) is -0.503. The molecule has 2 fully saturated rings. The number of amides is 2. The predicted molar refractivity (Wildman–Crippen MR) is 146 cm³/mol. The molecule has 0 unspecified atom stereocenters. The Hall–Kier alpha value is -4.12. The van der Waals surface area contributed by atoms with Crippen molar-refractivity contribution in [2.24, 2.45) is 12.5 Å². The molecule has 6 rings (SSSR count). The van der Waals surface area contributed by atoms with E-state index in [0.29, 0.717) is 34.6 Å². The van der Waals surface area contributed by atoms with E-state index >= 15 is 0 Å². The van der Waals surface area contributed by atoms with Gasteiger partial charge in [-0.15, -0.1) is 10.2 Å². The highest BCUT2D eigenvalue weighted by Gasteiger charge is 2.39. The molecule has 4 aromatic heterocycles. The number of piperidine rings is 1. The van der Waals surface area contributed by atoms with Crippen LogP contribution in [0.5, 0.6) is 0 Å². The van der Waals surface area contributed by atoms with Crippen molar-refractivity contribution >= 4 is 23.1 Å². The second-order valence-corrected chi connectivity index (χ2v) is 10.8. The van der Waals surface area contributed by atoms with E-state index in [9.17, 15) is 9.59 Å². The van der Waals surface area contributed by atoms with E-state index in [1.165, 1.54) is 38.3 Å². The van der Waals surface area contributed by atoms with Gasteiger partial charge in [0.25, 0.3) is 11.8 Å². The van der Waals surface area contributed by atoms with Gasteiger partial charge < -0.3 is 15.5 Å². The van der Waals surface area contributed by atoms with Gasteiger partial charge in [0.1, 0.15) is 0 Å². The average molecular weight is 528 g/mol. The molecule has 4 aromatic rings.